The Hall–Kier alpha value is -2.28. The second kappa shape index (κ2) is 5.15. The number of aromatic nitrogens is 2. The molecule has 19 heavy (non-hydrogen) atoms. The molecule has 7 heteroatoms. The van der Waals surface area contributed by atoms with Gasteiger partial charge in [0, 0.05) is 11.6 Å². The van der Waals surface area contributed by atoms with Crippen molar-refractivity contribution in [2.45, 2.75) is 13.8 Å². The first kappa shape index (κ1) is 13.2. The van der Waals surface area contributed by atoms with E-state index in [4.69, 9.17) is 5.11 Å². The summed E-state index contributed by atoms with van der Waals surface area (Å²) in [6.45, 7) is 3.47. The normalized spacial score (nSPS) is 10.2. The van der Waals surface area contributed by atoms with E-state index in [0.717, 1.165) is 11.3 Å². The van der Waals surface area contributed by atoms with E-state index in [9.17, 15) is 9.59 Å². The van der Waals surface area contributed by atoms with Crippen molar-refractivity contribution < 1.29 is 14.7 Å². The van der Waals surface area contributed by atoms with Crippen molar-refractivity contribution in [1.29, 1.82) is 0 Å². The molecular formula is C12H11N3O3S. The number of hydrogen-bond donors (Lipinski definition) is 2. The molecule has 0 spiro atoms. The van der Waals surface area contributed by atoms with Gasteiger partial charge in [0.2, 0.25) is 0 Å². The van der Waals surface area contributed by atoms with Gasteiger partial charge in [-0.15, -0.1) is 11.3 Å². The highest BCUT2D eigenvalue weighted by molar-refractivity contribution is 7.14. The number of carboxylic acids is 1. The monoisotopic (exact) mass is 277 g/mol. The van der Waals surface area contributed by atoms with Gasteiger partial charge in [0.1, 0.15) is 5.82 Å². The molecule has 0 radical (unpaired) electrons. The number of nitrogens with zero attached hydrogens (tertiary/aromatic N) is 2. The van der Waals surface area contributed by atoms with Crippen LogP contribution in [-0.4, -0.2) is 27.0 Å². The molecule has 1 amide bonds. The van der Waals surface area contributed by atoms with Crippen molar-refractivity contribution in [3.63, 3.8) is 0 Å². The second-order valence-corrected chi connectivity index (χ2v) is 4.79. The summed E-state index contributed by atoms with van der Waals surface area (Å²) in [5.41, 5.74) is 1.10. The van der Waals surface area contributed by atoms with Gasteiger partial charge < -0.3 is 10.4 Å². The van der Waals surface area contributed by atoms with Gasteiger partial charge in [-0.25, -0.2) is 14.8 Å². The van der Waals surface area contributed by atoms with Crippen molar-refractivity contribution in [3.05, 3.63) is 40.3 Å². The van der Waals surface area contributed by atoms with Gasteiger partial charge in [-0.2, -0.15) is 0 Å². The highest BCUT2D eigenvalue weighted by atomic mass is 32.1. The summed E-state index contributed by atoms with van der Waals surface area (Å²) in [7, 11) is 0. The van der Waals surface area contributed by atoms with Crippen LogP contribution in [0.5, 0.6) is 0 Å². The van der Waals surface area contributed by atoms with Gasteiger partial charge in [-0.05, 0) is 19.9 Å². The fourth-order valence-corrected chi connectivity index (χ4v) is 2.27. The van der Waals surface area contributed by atoms with Crippen LogP contribution in [0.4, 0.5) is 5.00 Å². The molecule has 0 bridgehead atoms. The van der Waals surface area contributed by atoms with Crippen LogP contribution in [0, 0.1) is 13.8 Å². The van der Waals surface area contributed by atoms with Crippen LogP contribution < -0.4 is 5.32 Å². The van der Waals surface area contributed by atoms with Gasteiger partial charge >= 0.3 is 5.97 Å². The third-order valence-corrected chi connectivity index (χ3v) is 3.27. The number of carbonyl (C=O) groups is 2. The summed E-state index contributed by atoms with van der Waals surface area (Å²) >= 11 is 1.16. The van der Waals surface area contributed by atoms with Crippen LogP contribution in [0.15, 0.2) is 17.6 Å². The van der Waals surface area contributed by atoms with Crippen molar-refractivity contribution in [2.24, 2.45) is 0 Å². The molecule has 0 aromatic carbocycles. The summed E-state index contributed by atoms with van der Waals surface area (Å²) in [5.74, 6) is -0.777. The first-order valence-corrected chi connectivity index (χ1v) is 6.29. The molecule has 0 saturated carbocycles. The van der Waals surface area contributed by atoms with Crippen LogP contribution >= 0.6 is 11.3 Å². The molecule has 0 fully saturated rings. The lowest BCUT2D eigenvalue weighted by Gasteiger charge is -2.05. The van der Waals surface area contributed by atoms with E-state index in [1.54, 1.807) is 13.8 Å². The lowest BCUT2D eigenvalue weighted by molar-refractivity contribution is 0.0697. The standard InChI is InChI=1S/C12H11N3O3S/c1-6-9(4-13-7(2)14-6)11(16)15-10-3-8(5-19-10)12(17)18/h3-5H,1-2H3,(H,15,16)(H,17,18). The second-order valence-electron chi connectivity index (χ2n) is 3.88. The molecule has 98 valence electrons. The zero-order valence-electron chi connectivity index (χ0n) is 10.3. The first-order chi connectivity index (χ1) is 8.97. The van der Waals surface area contributed by atoms with Crippen molar-refractivity contribution >= 4 is 28.2 Å². The third-order valence-electron chi connectivity index (χ3n) is 2.43. The topological polar surface area (TPSA) is 92.2 Å². The molecule has 0 aliphatic carbocycles. The molecular weight excluding hydrogens is 266 g/mol. The summed E-state index contributed by atoms with van der Waals surface area (Å²) < 4.78 is 0. The molecule has 0 atom stereocenters. The number of nitrogens with one attached hydrogen (secondary N) is 1. The van der Waals surface area contributed by atoms with Crippen molar-refractivity contribution in [3.8, 4) is 0 Å². The average molecular weight is 277 g/mol. The maximum absolute atomic E-state index is 12.0. The Morgan fingerprint density at radius 2 is 2.11 bits per heavy atom. The fraction of sp³-hybridized carbons (Fsp3) is 0.167. The Balaban J connectivity index is 2.18. The molecule has 6 nitrogen and oxygen atoms in total. The van der Waals surface area contributed by atoms with Crippen LogP contribution in [-0.2, 0) is 0 Å². The van der Waals surface area contributed by atoms with Crippen LogP contribution in [0.1, 0.15) is 32.2 Å². The predicted octanol–water partition coefficient (Wildman–Crippen LogP) is 2.11. The van der Waals surface area contributed by atoms with E-state index in [1.807, 2.05) is 0 Å². The lowest BCUT2D eigenvalue weighted by Crippen LogP contribution is -2.14. The zero-order valence-corrected chi connectivity index (χ0v) is 11.1. The summed E-state index contributed by atoms with van der Waals surface area (Å²) in [6, 6.07) is 1.41. The van der Waals surface area contributed by atoms with Crippen molar-refractivity contribution in [1.82, 2.24) is 9.97 Å². The zero-order chi connectivity index (χ0) is 14.0. The van der Waals surface area contributed by atoms with Crippen LogP contribution in [0.3, 0.4) is 0 Å². The van der Waals surface area contributed by atoms with Gasteiger partial charge in [0.05, 0.1) is 21.8 Å². The minimum atomic E-state index is -1.02. The fourth-order valence-electron chi connectivity index (χ4n) is 1.50. The van der Waals surface area contributed by atoms with Gasteiger partial charge in [0.25, 0.3) is 5.91 Å². The van der Waals surface area contributed by atoms with E-state index in [0.29, 0.717) is 22.1 Å². The highest BCUT2D eigenvalue weighted by Crippen LogP contribution is 2.21. The Labute approximate surface area is 113 Å². The number of anilines is 1. The molecule has 2 rings (SSSR count). The van der Waals surface area contributed by atoms with Crippen LogP contribution in [0.25, 0.3) is 0 Å². The molecule has 0 unspecified atom stereocenters. The maximum atomic E-state index is 12.0. The molecule has 0 aliphatic heterocycles. The largest absolute Gasteiger partial charge is 0.478 e. The molecule has 2 N–H and O–H groups in total. The van der Waals surface area contributed by atoms with E-state index in [1.165, 1.54) is 17.6 Å². The van der Waals surface area contributed by atoms with E-state index < -0.39 is 5.97 Å². The van der Waals surface area contributed by atoms with Crippen LogP contribution in [0.2, 0.25) is 0 Å². The number of carbonyl (C=O) groups excluding carboxylic acids is 1. The third kappa shape index (κ3) is 2.94. The number of thiophene rings is 1. The number of hydrogen-bond acceptors (Lipinski definition) is 5. The van der Waals surface area contributed by atoms with Gasteiger partial charge in [-0.1, -0.05) is 0 Å². The minimum absolute atomic E-state index is 0.150. The quantitative estimate of drug-likeness (QED) is 0.896. The maximum Gasteiger partial charge on any atom is 0.336 e. The molecule has 0 aliphatic rings. The first-order valence-electron chi connectivity index (χ1n) is 5.41. The average Bonchev–Trinajstić information content (AvgIpc) is 2.77. The number of rotatable bonds is 3. The van der Waals surface area contributed by atoms with E-state index in [-0.39, 0.29) is 11.5 Å². The highest BCUT2D eigenvalue weighted by Gasteiger charge is 2.13. The number of carboxylic acid groups (broad SMARTS) is 1. The Kier molecular flexibility index (Phi) is 3.57. The molecule has 2 aromatic rings. The lowest BCUT2D eigenvalue weighted by atomic mass is 10.2. The van der Waals surface area contributed by atoms with Gasteiger partial charge in [-0.3, -0.25) is 4.79 Å². The SMILES string of the molecule is Cc1ncc(C(=O)Nc2cc(C(=O)O)cs2)c(C)n1. The molecule has 2 heterocycles. The van der Waals surface area contributed by atoms with Crippen molar-refractivity contribution in [2.75, 3.05) is 5.32 Å². The Morgan fingerprint density at radius 1 is 1.37 bits per heavy atom. The minimum Gasteiger partial charge on any atom is -0.478 e. The number of amides is 1. The molecule has 0 saturated heterocycles. The summed E-state index contributed by atoms with van der Waals surface area (Å²) in [6.07, 6.45) is 1.46. The summed E-state index contributed by atoms with van der Waals surface area (Å²) in [4.78, 5) is 30.8. The smallest absolute Gasteiger partial charge is 0.336 e. The van der Waals surface area contributed by atoms with Gasteiger partial charge in [0.15, 0.2) is 0 Å². The van der Waals surface area contributed by atoms with E-state index in [2.05, 4.69) is 15.3 Å². The Bertz CT molecular complexity index is 651. The number of aryl methyl sites for hydroxylation is 2. The predicted molar refractivity (Wildman–Crippen MR) is 70.7 cm³/mol. The molecule has 2 aromatic heterocycles. The number of aromatic carboxylic acids is 1. The Morgan fingerprint density at radius 3 is 2.68 bits per heavy atom. The summed E-state index contributed by atoms with van der Waals surface area (Å²) in [5, 5.41) is 13.4. The van der Waals surface area contributed by atoms with E-state index >= 15 is 0 Å².